The highest BCUT2D eigenvalue weighted by molar-refractivity contribution is 6.35. The number of para-hydroxylation sites is 1. The highest BCUT2D eigenvalue weighted by atomic mass is 35.5. The molecule has 25 heavy (non-hydrogen) atoms. The van der Waals surface area contributed by atoms with Crippen molar-refractivity contribution in [1.29, 1.82) is 0 Å². The average molecular weight is 359 g/mol. The largest absolute Gasteiger partial charge is 0.412 e. The molecule has 4 aliphatic carbocycles. The zero-order valence-corrected chi connectivity index (χ0v) is 14.9. The number of amides is 1. The van der Waals surface area contributed by atoms with Crippen LogP contribution in [0.25, 0.3) is 10.9 Å². The molecule has 4 aliphatic rings. The summed E-state index contributed by atoms with van der Waals surface area (Å²) in [5, 5.41) is 4.86. The summed E-state index contributed by atoms with van der Waals surface area (Å²) in [6, 6.07) is 9.41. The number of nitrogens with one attached hydrogen (secondary N) is 1. The number of aromatic nitrogens is 1. The maximum atomic E-state index is 12.9. The monoisotopic (exact) mass is 358 g/mol. The van der Waals surface area contributed by atoms with Crippen LogP contribution in [0, 0.1) is 17.8 Å². The normalized spacial score (nSPS) is 32.4. The van der Waals surface area contributed by atoms with E-state index < -0.39 is 0 Å². The molecule has 1 aromatic heterocycles. The molecule has 5 heteroatoms. The first-order valence-electron chi connectivity index (χ1n) is 8.98. The average Bonchev–Trinajstić information content (AvgIpc) is 2.53. The van der Waals surface area contributed by atoms with Crippen LogP contribution < -0.4 is 5.32 Å². The van der Waals surface area contributed by atoms with Gasteiger partial charge in [0.15, 0.2) is 0 Å². The summed E-state index contributed by atoms with van der Waals surface area (Å²) in [4.78, 5) is 17.4. The van der Waals surface area contributed by atoms with Crippen molar-refractivity contribution in [2.24, 2.45) is 17.8 Å². The van der Waals surface area contributed by atoms with Crippen LogP contribution in [-0.2, 0) is 0 Å². The third-order valence-electron chi connectivity index (χ3n) is 6.32. The molecule has 2 aromatic rings. The van der Waals surface area contributed by atoms with E-state index in [-0.39, 0.29) is 16.9 Å². The summed E-state index contributed by atoms with van der Waals surface area (Å²) in [6.45, 7) is 0. The molecule has 4 bridgehead atoms. The summed E-state index contributed by atoms with van der Waals surface area (Å²) in [6.07, 6.45) is 7.55. The Balaban J connectivity index is 0.00000157. The van der Waals surface area contributed by atoms with E-state index >= 15 is 0 Å². The van der Waals surface area contributed by atoms with E-state index in [9.17, 15) is 4.79 Å². The fraction of sp³-hybridized carbons (Fsp3) is 0.500. The molecular formula is C20H23ClN2O2. The van der Waals surface area contributed by atoms with Gasteiger partial charge in [0.1, 0.15) is 5.69 Å². The molecule has 0 saturated heterocycles. The predicted molar refractivity (Wildman–Crippen MR) is 98.7 cm³/mol. The Hall–Kier alpha value is -1.65. The predicted octanol–water partition coefficient (Wildman–Crippen LogP) is 3.76. The Morgan fingerprint density at radius 1 is 1.08 bits per heavy atom. The van der Waals surface area contributed by atoms with Crippen molar-refractivity contribution in [2.75, 3.05) is 0 Å². The summed E-state index contributed by atoms with van der Waals surface area (Å²) in [7, 11) is 0. The Bertz CT molecular complexity index is 800. The standard InChI is InChI=1S/C20H21ClN2O.H2O/c21-16-8-18(22-17-4-2-1-3-15(16)17)19(24)23-20-9-12-5-13(10-20)7-14(6-12)11-20;/h1-4,8,12-14H,5-7,9-11H2,(H,23,24);1H2. The van der Waals surface area contributed by atoms with E-state index in [2.05, 4.69) is 10.3 Å². The molecule has 1 amide bonds. The number of rotatable bonds is 2. The van der Waals surface area contributed by atoms with Gasteiger partial charge in [-0.05, 0) is 68.4 Å². The van der Waals surface area contributed by atoms with Gasteiger partial charge < -0.3 is 10.8 Å². The summed E-state index contributed by atoms with van der Waals surface area (Å²) in [5.41, 5.74) is 1.22. The van der Waals surface area contributed by atoms with Crippen LogP contribution in [0.1, 0.15) is 49.0 Å². The first kappa shape index (κ1) is 16.8. The summed E-state index contributed by atoms with van der Waals surface area (Å²) >= 11 is 6.36. The van der Waals surface area contributed by atoms with Gasteiger partial charge in [-0.3, -0.25) is 4.79 Å². The van der Waals surface area contributed by atoms with Crippen LogP contribution in [-0.4, -0.2) is 21.9 Å². The van der Waals surface area contributed by atoms with Crippen molar-refractivity contribution in [3.8, 4) is 0 Å². The van der Waals surface area contributed by atoms with Crippen LogP contribution in [0.5, 0.6) is 0 Å². The Morgan fingerprint density at radius 2 is 1.68 bits per heavy atom. The minimum Gasteiger partial charge on any atom is -0.412 e. The van der Waals surface area contributed by atoms with Gasteiger partial charge in [0.2, 0.25) is 0 Å². The molecule has 6 rings (SSSR count). The number of nitrogens with zero attached hydrogens (tertiary/aromatic N) is 1. The Labute approximate surface area is 152 Å². The van der Waals surface area contributed by atoms with Gasteiger partial charge in [-0.25, -0.2) is 4.98 Å². The second kappa shape index (κ2) is 5.96. The number of hydrogen-bond acceptors (Lipinski definition) is 2. The SMILES string of the molecule is O.O=C(NC12CC3CC(CC(C3)C1)C2)c1cc(Cl)c2ccccc2n1. The first-order valence-corrected chi connectivity index (χ1v) is 9.36. The van der Waals surface area contributed by atoms with E-state index in [0.29, 0.717) is 10.7 Å². The lowest BCUT2D eigenvalue weighted by Gasteiger charge is -2.56. The topological polar surface area (TPSA) is 73.5 Å². The zero-order valence-electron chi connectivity index (χ0n) is 14.1. The number of carbonyl (C=O) groups excluding carboxylic acids is 1. The maximum Gasteiger partial charge on any atom is 0.270 e. The molecule has 0 spiro atoms. The molecule has 4 nitrogen and oxygen atoms in total. The van der Waals surface area contributed by atoms with Gasteiger partial charge >= 0.3 is 0 Å². The molecule has 1 heterocycles. The number of fused-ring (bicyclic) bond motifs is 1. The van der Waals surface area contributed by atoms with E-state index in [4.69, 9.17) is 11.6 Å². The molecule has 0 radical (unpaired) electrons. The van der Waals surface area contributed by atoms with Gasteiger partial charge in [0.25, 0.3) is 5.91 Å². The van der Waals surface area contributed by atoms with Crippen LogP contribution in [0.15, 0.2) is 30.3 Å². The van der Waals surface area contributed by atoms with Gasteiger partial charge in [-0.15, -0.1) is 0 Å². The van der Waals surface area contributed by atoms with Gasteiger partial charge in [0, 0.05) is 10.9 Å². The lowest BCUT2D eigenvalue weighted by molar-refractivity contribution is -0.0167. The fourth-order valence-corrected chi connectivity index (χ4v) is 6.08. The summed E-state index contributed by atoms with van der Waals surface area (Å²) in [5.74, 6) is 2.36. The number of carbonyl (C=O) groups is 1. The quantitative estimate of drug-likeness (QED) is 0.887. The zero-order chi connectivity index (χ0) is 16.3. The minimum absolute atomic E-state index is 0. The van der Waals surface area contributed by atoms with Crippen molar-refractivity contribution in [1.82, 2.24) is 10.3 Å². The van der Waals surface area contributed by atoms with Crippen molar-refractivity contribution in [3.05, 3.63) is 41.0 Å². The molecule has 3 N–H and O–H groups in total. The van der Waals surface area contributed by atoms with Crippen LogP contribution >= 0.6 is 11.6 Å². The highest BCUT2D eigenvalue weighted by Crippen LogP contribution is 2.55. The number of halogens is 1. The number of pyridine rings is 1. The summed E-state index contributed by atoms with van der Waals surface area (Å²) < 4.78 is 0. The fourth-order valence-electron chi connectivity index (χ4n) is 5.82. The van der Waals surface area contributed by atoms with Crippen molar-refractivity contribution in [2.45, 2.75) is 44.1 Å². The molecular weight excluding hydrogens is 336 g/mol. The lowest BCUT2D eigenvalue weighted by Crippen LogP contribution is -2.59. The Morgan fingerprint density at radius 3 is 2.32 bits per heavy atom. The third kappa shape index (κ3) is 2.81. The smallest absolute Gasteiger partial charge is 0.270 e. The molecule has 4 saturated carbocycles. The Kier molecular flexibility index (Phi) is 4.00. The van der Waals surface area contributed by atoms with Gasteiger partial charge in [-0.1, -0.05) is 29.8 Å². The molecule has 1 aromatic carbocycles. The van der Waals surface area contributed by atoms with Crippen LogP contribution in [0.4, 0.5) is 0 Å². The van der Waals surface area contributed by atoms with Crippen LogP contribution in [0.2, 0.25) is 5.02 Å². The van der Waals surface area contributed by atoms with E-state index in [1.54, 1.807) is 6.07 Å². The van der Waals surface area contributed by atoms with Crippen molar-refractivity contribution < 1.29 is 10.3 Å². The van der Waals surface area contributed by atoms with Gasteiger partial charge in [0.05, 0.1) is 10.5 Å². The molecule has 0 atom stereocenters. The second-order valence-electron chi connectivity index (χ2n) is 8.16. The number of benzene rings is 1. The molecule has 132 valence electrons. The van der Waals surface area contributed by atoms with Gasteiger partial charge in [-0.2, -0.15) is 0 Å². The first-order chi connectivity index (χ1) is 11.6. The minimum atomic E-state index is -0.0652. The highest BCUT2D eigenvalue weighted by Gasteiger charge is 2.51. The maximum absolute atomic E-state index is 12.9. The molecule has 0 unspecified atom stereocenters. The second-order valence-corrected chi connectivity index (χ2v) is 8.57. The third-order valence-corrected chi connectivity index (χ3v) is 6.63. The molecule has 4 fully saturated rings. The lowest BCUT2D eigenvalue weighted by atomic mass is 9.53. The van der Waals surface area contributed by atoms with E-state index in [0.717, 1.165) is 47.9 Å². The van der Waals surface area contributed by atoms with E-state index in [1.165, 1.54) is 19.3 Å². The molecule has 0 aliphatic heterocycles. The van der Waals surface area contributed by atoms with Crippen LogP contribution in [0.3, 0.4) is 0 Å². The van der Waals surface area contributed by atoms with Crippen molar-refractivity contribution in [3.63, 3.8) is 0 Å². The van der Waals surface area contributed by atoms with Crippen molar-refractivity contribution >= 4 is 28.4 Å². The van der Waals surface area contributed by atoms with E-state index in [1.807, 2.05) is 24.3 Å². The number of hydrogen-bond donors (Lipinski definition) is 1.